The first-order valence-electron chi connectivity index (χ1n) is 9.68. The Bertz CT molecular complexity index is 632. The van der Waals surface area contributed by atoms with Crippen molar-refractivity contribution in [3.05, 3.63) is 35.4 Å². The molecule has 29 heavy (non-hydrogen) atoms. The Kier molecular flexibility index (Phi) is 10.7. The van der Waals surface area contributed by atoms with Gasteiger partial charge in [-0.2, -0.15) is 13.2 Å². The first kappa shape index (κ1) is 26.0. The van der Waals surface area contributed by atoms with E-state index in [2.05, 4.69) is 41.3 Å². The molecule has 166 valence electrons. The van der Waals surface area contributed by atoms with Crippen LogP contribution in [0.2, 0.25) is 0 Å². The minimum absolute atomic E-state index is 0. The van der Waals surface area contributed by atoms with Crippen LogP contribution in [0.15, 0.2) is 29.3 Å². The van der Waals surface area contributed by atoms with E-state index in [0.29, 0.717) is 31.6 Å². The maximum absolute atomic E-state index is 12.9. The Morgan fingerprint density at radius 3 is 2.21 bits per heavy atom. The lowest BCUT2D eigenvalue weighted by Gasteiger charge is -2.35. The zero-order valence-electron chi connectivity index (χ0n) is 17.4. The Labute approximate surface area is 188 Å². The molecule has 1 heterocycles. The molecule has 2 rings (SSSR count). The van der Waals surface area contributed by atoms with Crippen molar-refractivity contribution in [2.45, 2.75) is 39.0 Å². The van der Waals surface area contributed by atoms with Crippen molar-refractivity contribution in [1.82, 2.24) is 15.5 Å². The SMILES string of the molecule is CN=C(NCC(c1ccc(C(F)(F)F)cc1)N1CCOCC1)NC(C)C(C)C.I. The van der Waals surface area contributed by atoms with E-state index in [1.54, 1.807) is 19.2 Å². The molecule has 9 heteroatoms. The smallest absolute Gasteiger partial charge is 0.379 e. The maximum Gasteiger partial charge on any atom is 0.416 e. The maximum atomic E-state index is 12.9. The molecule has 1 aliphatic rings. The van der Waals surface area contributed by atoms with E-state index in [9.17, 15) is 13.2 Å². The Balaban J connectivity index is 0.00000420. The summed E-state index contributed by atoms with van der Waals surface area (Å²) in [6, 6.07) is 5.61. The molecule has 0 spiro atoms. The number of nitrogens with zero attached hydrogens (tertiary/aromatic N) is 2. The zero-order chi connectivity index (χ0) is 20.7. The van der Waals surface area contributed by atoms with Crippen molar-refractivity contribution in [2.24, 2.45) is 10.9 Å². The fourth-order valence-corrected chi connectivity index (χ4v) is 3.01. The molecule has 0 radical (unpaired) electrons. The lowest BCUT2D eigenvalue weighted by Crippen LogP contribution is -2.48. The van der Waals surface area contributed by atoms with Crippen molar-refractivity contribution in [2.75, 3.05) is 39.9 Å². The Hall–Kier alpha value is -1.07. The van der Waals surface area contributed by atoms with Crippen LogP contribution in [0.4, 0.5) is 13.2 Å². The monoisotopic (exact) mass is 528 g/mol. The van der Waals surface area contributed by atoms with Gasteiger partial charge < -0.3 is 15.4 Å². The molecule has 1 aromatic carbocycles. The normalized spacial score (nSPS) is 18.1. The molecule has 0 bridgehead atoms. The van der Waals surface area contributed by atoms with Crippen molar-refractivity contribution < 1.29 is 17.9 Å². The van der Waals surface area contributed by atoms with Gasteiger partial charge in [0, 0.05) is 32.7 Å². The van der Waals surface area contributed by atoms with E-state index in [1.165, 1.54) is 0 Å². The number of morpholine rings is 1. The molecular weight excluding hydrogens is 496 g/mol. The molecule has 0 amide bonds. The van der Waals surface area contributed by atoms with Crippen LogP contribution in [-0.4, -0.2) is 56.8 Å². The number of alkyl halides is 3. The number of halogens is 4. The highest BCUT2D eigenvalue weighted by Crippen LogP contribution is 2.31. The standard InChI is InChI=1S/C20H31F3N4O.HI/c1-14(2)15(3)26-19(24-4)25-13-18(27-9-11-28-12-10-27)16-5-7-17(8-6-16)20(21,22)23;/h5-8,14-15,18H,9-13H2,1-4H3,(H2,24,25,26);1H. The van der Waals surface area contributed by atoms with Crippen molar-refractivity contribution in [3.8, 4) is 0 Å². The number of rotatable bonds is 6. The number of benzene rings is 1. The van der Waals surface area contributed by atoms with Crippen molar-refractivity contribution in [1.29, 1.82) is 0 Å². The van der Waals surface area contributed by atoms with Crippen LogP contribution in [0.5, 0.6) is 0 Å². The van der Waals surface area contributed by atoms with Gasteiger partial charge in [-0.05, 0) is 30.5 Å². The van der Waals surface area contributed by atoms with Crippen LogP contribution in [-0.2, 0) is 10.9 Å². The highest BCUT2D eigenvalue weighted by atomic mass is 127. The van der Waals surface area contributed by atoms with E-state index in [1.807, 2.05) is 0 Å². The lowest BCUT2D eigenvalue weighted by molar-refractivity contribution is -0.137. The van der Waals surface area contributed by atoms with Gasteiger partial charge in [0.15, 0.2) is 5.96 Å². The summed E-state index contributed by atoms with van der Waals surface area (Å²) < 4.78 is 44.1. The number of hydrogen-bond acceptors (Lipinski definition) is 3. The molecule has 1 saturated heterocycles. The van der Waals surface area contributed by atoms with Gasteiger partial charge in [0.25, 0.3) is 0 Å². The van der Waals surface area contributed by atoms with E-state index in [-0.39, 0.29) is 36.1 Å². The van der Waals surface area contributed by atoms with Gasteiger partial charge in [0.1, 0.15) is 0 Å². The third kappa shape index (κ3) is 7.93. The highest BCUT2D eigenvalue weighted by Gasteiger charge is 2.31. The van der Waals surface area contributed by atoms with Crippen LogP contribution >= 0.6 is 24.0 Å². The van der Waals surface area contributed by atoms with E-state index < -0.39 is 11.7 Å². The minimum Gasteiger partial charge on any atom is -0.379 e. The van der Waals surface area contributed by atoms with Crippen LogP contribution in [0, 0.1) is 5.92 Å². The molecule has 5 nitrogen and oxygen atoms in total. The molecule has 2 N–H and O–H groups in total. The van der Waals surface area contributed by atoms with Gasteiger partial charge in [0.05, 0.1) is 24.8 Å². The molecule has 2 atom stereocenters. The average Bonchev–Trinajstić information content (AvgIpc) is 2.67. The summed E-state index contributed by atoms with van der Waals surface area (Å²) in [5, 5.41) is 6.68. The van der Waals surface area contributed by atoms with Gasteiger partial charge in [-0.25, -0.2) is 0 Å². The summed E-state index contributed by atoms with van der Waals surface area (Å²) >= 11 is 0. The molecule has 2 unspecified atom stereocenters. The molecular formula is C20H32F3IN4O. The summed E-state index contributed by atoms with van der Waals surface area (Å²) in [6.07, 6.45) is -4.33. The second-order valence-corrected chi connectivity index (χ2v) is 7.41. The number of guanidine groups is 1. The summed E-state index contributed by atoms with van der Waals surface area (Å²) in [5.41, 5.74) is 0.211. The predicted molar refractivity (Wildman–Crippen MR) is 121 cm³/mol. The summed E-state index contributed by atoms with van der Waals surface area (Å²) in [6.45, 7) is 9.60. The van der Waals surface area contributed by atoms with Gasteiger partial charge in [-0.3, -0.25) is 9.89 Å². The highest BCUT2D eigenvalue weighted by molar-refractivity contribution is 14.0. The summed E-state index contributed by atoms with van der Waals surface area (Å²) in [5.74, 6) is 1.13. The number of ether oxygens (including phenoxy) is 1. The number of nitrogens with one attached hydrogen (secondary N) is 2. The van der Waals surface area contributed by atoms with Gasteiger partial charge >= 0.3 is 6.18 Å². The second-order valence-electron chi connectivity index (χ2n) is 7.41. The third-order valence-electron chi connectivity index (χ3n) is 5.16. The Morgan fingerprint density at radius 1 is 1.14 bits per heavy atom. The first-order chi connectivity index (χ1) is 13.2. The van der Waals surface area contributed by atoms with Crippen molar-refractivity contribution >= 4 is 29.9 Å². The predicted octanol–water partition coefficient (Wildman–Crippen LogP) is 3.91. The number of hydrogen-bond donors (Lipinski definition) is 2. The van der Waals surface area contributed by atoms with E-state index in [4.69, 9.17) is 4.74 Å². The van der Waals surface area contributed by atoms with Crippen molar-refractivity contribution in [3.63, 3.8) is 0 Å². The minimum atomic E-state index is -4.33. The van der Waals surface area contributed by atoms with E-state index in [0.717, 1.165) is 30.8 Å². The van der Waals surface area contributed by atoms with Gasteiger partial charge in [0.2, 0.25) is 0 Å². The fraction of sp³-hybridized carbons (Fsp3) is 0.650. The van der Waals surface area contributed by atoms with Crippen LogP contribution in [0.25, 0.3) is 0 Å². The molecule has 0 aromatic heterocycles. The Morgan fingerprint density at radius 2 is 1.72 bits per heavy atom. The molecule has 1 fully saturated rings. The second kappa shape index (κ2) is 11.9. The van der Waals surface area contributed by atoms with Gasteiger partial charge in [-0.15, -0.1) is 24.0 Å². The first-order valence-corrected chi connectivity index (χ1v) is 9.68. The zero-order valence-corrected chi connectivity index (χ0v) is 19.8. The quantitative estimate of drug-likeness (QED) is 0.334. The van der Waals surface area contributed by atoms with Gasteiger partial charge in [-0.1, -0.05) is 26.0 Å². The summed E-state index contributed by atoms with van der Waals surface area (Å²) in [4.78, 5) is 6.50. The molecule has 1 aromatic rings. The fourth-order valence-electron chi connectivity index (χ4n) is 3.01. The molecule has 1 aliphatic heterocycles. The van der Waals surface area contributed by atoms with E-state index >= 15 is 0 Å². The lowest BCUT2D eigenvalue weighted by atomic mass is 10.0. The largest absolute Gasteiger partial charge is 0.416 e. The average molecular weight is 528 g/mol. The summed E-state index contributed by atoms with van der Waals surface area (Å²) in [7, 11) is 1.71. The van der Waals surface area contributed by atoms with Crippen LogP contribution in [0.3, 0.4) is 0 Å². The van der Waals surface area contributed by atoms with Crippen LogP contribution < -0.4 is 10.6 Å². The molecule has 0 saturated carbocycles. The van der Waals surface area contributed by atoms with Crippen LogP contribution in [0.1, 0.15) is 37.9 Å². The number of aliphatic imine (C=N–C) groups is 1. The topological polar surface area (TPSA) is 48.9 Å². The third-order valence-corrected chi connectivity index (χ3v) is 5.16. The molecule has 0 aliphatic carbocycles.